The predicted molar refractivity (Wildman–Crippen MR) is 184 cm³/mol. The van der Waals surface area contributed by atoms with Gasteiger partial charge in [-0.05, 0) is 105 Å². The number of rotatable bonds is 14. The van der Waals surface area contributed by atoms with Crippen molar-refractivity contribution in [2.45, 2.75) is 138 Å². The Morgan fingerprint density at radius 1 is 0.976 bits per heavy atom. The molecule has 0 bridgehead atoms. The van der Waals surface area contributed by atoms with Gasteiger partial charge in [0.15, 0.2) is 0 Å². The number of allylic oxidation sites excluding steroid dienone is 9. The lowest BCUT2D eigenvalue weighted by atomic mass is 9.77. The summed E-state index contributed by atoms with van der Waals surface area (Å²) in [4.78, 5) is 0. The van der Waals surface area contributed by atoms with E-state index in [0.717, 1.165) is 37.0 Å². The summed E-state index contributed by atoms with van der Waals surface area (Å²) in [5.74, 6) is 3.92. The third-order valence-electron chi connectivity index (χ3n) is 10.7. The molecule has 3 rings (SSSR count). The van der Waals surface area contributed by atoms with Gasteiger partial charge in [-0.1, -0.05) is 151 Å². The molecule has 3 unspecified atom stereocenters. The van der Waals surface area contributed by atoms with E-state index in [1.54, 1.807) is 5.57 Å². The van der Waals surface area contributed by atoms with Crippen molar-refractivity contribution in [3.8, 4) is 0 Å². The van der Waals surface area contributed by atoms with Gasteiger partial charge in [-0.2, -0.15) is 0 Å². The van der Waals surface area contributed by atoms with Crippen molar-refractivity contribution >= 4 is 5.57 Å². The van der Waals surface area contributed by atoms with E-state index in [0.29, 0.717) is 11.8 Å². The Kier molecular flexibility index (Phi) is 14.0. The molecule has 0 saturated heterocycles. The van der Waals surface area contributed by atoms with Gasteiger partial charge in [0.1, 0.15) is 0 Å². The first-order valence-electron chi connectivity index (χ1n) is 17.2. The van der Waals surface area contributed by atoms with E-state index in [4.69, 9.17) is 0 Å². The fourth-order valence-electron chi connectivity index (χ4n) is 7.69. The van der Waals surface area contributed by atoms with E-state index in [1.165, 1.54) is 97.6 Å². The molecular weight excluding hydrogens is 492 g/mol. The molecule has 1 saturated carbocycles. The second-order valence-corrected chi connectivity index (χ2v) is 13.7. The van der Waals surface area contributed by atoms with Gasteiger partial charge >= 0.3 is 0 Å². The van der Waals surface area contributed by atoms with E-state index in [1.807, 2.05) is 0 Å². The molecule has 0 spiro atoms. The topological polar surface area (TPSA) is 0 Å². The largest absolute Gasteiger partial charge is 0.0958 e. The fraction of sp³-hybridized carbons (Fsp3) is 0.610. The number of hydrogen-bond donors (Lipinski definition) is 0. The normalized spacial score (nSPS) is 22.5. The molecule has 5 atom stereocenters. The van der Waals surface area contributed by atoms with Gasteiger partial charge in [0, 0.05) is 0 Å². The Hall–Kier alpha value is -2.08. The first-order chi connectivity index (χ1) is 19.8. The van der Waals surface area contributed by atoms with Crippen LogP contribution in [-0.2, 0) is 0 Å². The maximum Gasteiger partial charge on any atom is -0.0130 e. The van der Waals surface area contributed by atoms with Gasteiger partial charge in [-0.3, -0.25) is 0 Å². The molecule has 0 amide bonds. The van der Waals surface area contributed by atoms with Crippen LogP contribution in [0.1, 0.15) is 149 Å². The molecule has 41 heavy (non-hydrogen) atoms. The Morgan fingerprint density at radius 3 is 2.32 bits per heavy atom. The first kappa shape index (κ1) is 33.4. The van der Waals surface area contributed by atoms with Crippen molar-refractivity contribution in [2.75, 3.05) is 0 Å². The fourth-order valence-corrected chi connectivity index (χ4v) is 7.69. The average Bonchev–Trinajstić information content (AvgIpc) is 3.32. The second kappa shape index (κ2) is 17.1. The third-order valence-corrected chi connectivity index (χ3v) is 10.7. The molecule has 0 aromatic heterocycles. The van der Waals surface area contributed by atoms with Crippen LogP contribution in [0.25, 0.3) is 5.57 Å². The average molecular weight is 555 g/mol. The monoisotopic (exact) mass is 554 g/mol. The van der Waals surface area contributed by atoms with E-state index in [-0.39, 0.29) is 0 Å². The van der Waals surface area contributed by atoms with Crippen LogP contribution in [-0.4, -0.2) is 0 Å². The molecule has 0 radical (unpaired) electrons. The van der Waals surface area contributed by atoms with Crippen LogP contribution >= 0.6 is 0 Å². The SMILES string of the molecule is C=C(C)/C(=C\C)C[C@H](C)[C@H](CCC(C)CCC1CCCCCC1CC)c1ccc(C2=CC(C)=C(CC)CC=C2)cc1. The molecule has 0 aliphatic heterocycles. The highest BCUT2D eigenvalue weighted by molar-refractivity contribution is 5.77. The van der Waals surface area contributed by atoms with Crippen molar-refractivity contribution in [3.63, 3.8) is 0 Å². The van der Waals surface area contributed by atoms with Crippen molar-refractivity contribution in [3.05, 3.63) is 88.6 Å². The molecule has 2 aliphatic rings. The summed E-state index contributed by atoms with van der Waals surface area (Å²) < 4.78 is 0. The highest BCUT2D eigenvalue weighted by Crippen LogP contribution is 2.39. The lowest BCUT2D eigenvalue weighted by molar-refractivity contribution is 0.260. The summed E-state index contributed by atoms with van der Waals surface area (Å²) in [6.45, 7) is 20.6. The van der Waals surface area contributed by atoms with E-state index in [2.05, 4.69) is 104 Å². The molecule has 0 nitrogen and oxygen atoms in total. The predicted octanol–water partition coefficient (Wildman–Crippen LogP) is 13.2. The standard InChI is InChI=1S/C41H62/c1-9-34-18-15-19-40(28-32(34)7)38-23-25-39(26-24-38)41(33(8)29-36(11-3)30(4)5)27-21-31(6)20-22-37-17-14-12-13-16-35(37)10-2/h11,15,19,23-26,28,31,33,35,37,41H,4,9-10,12-14,16-18,20-22,27,29H2,1-3,5-8H3/b36-11-/t31?,33-,35?,37?,41-/m0/s1. The number of benzene rings is 1. The van der Waals surface area contributed by atoms with E-state index in [9.17, 15) is 0 Å². The lowest BCUT2D eigenvalue weighted by Gasteiger charge is -2.28. The summed E-state index contributed by atoms with van der Waals surface area (Å²) in [5.41, 5.74) is 9.83. The highest BCUT2D eigenvalue weighted by Gasteiger charge is 2.24. The van der Waals surface area contributed by atoms with Crippen molar-refractivity contribution in [2.24, 2.45) is 23.7 Å². The van der Waals surface area contributed by atoms with Gasteiger partial charge in [-0.15, -0.1) is 0 Å². The van der Waals surface area contributed by atoms with Gasteiger partial charge in [0.05, 0.1) is 0 Å². The van der Waals surface area contributed by atoms with Gasteiger partial charge in [-0.25, -0.2) is 0 Å². The Balaban J connectivity index is 1.73. The van der Waals surface area contributed by atoms with Crippen LogP contribution in [0.4, 0.5) is 0 Å². The molecule has 1 aromatic rings. The lowest BCUT2D eigenvalue weighted by Crippen LogP contribution is -2.15. The summed E-state index contributed by atoms with van der Waals surface area (Å²) in [6.07, 6.45) is 26.8. The van der Waals surface area contributed by atoms with Crippen LogP contribution in [0.5, 0.6) is 0 Å². The van der Waals surface area contributed by atoms with Crippen LogP contribution in [0.3, 0.4) is 0 Å². The van der Waals surface area contributed by atoms with Crippen molar-refractivity contribution < 1.29 is 0 Å². The summed E-state index contributed by atoms with van der Waals surface area (Å²) in [6, 6.07) is 9.64. The summed E-state index contributed by atoms with van der Waals surface area (Å²) in [7, 11) is 0. The minimum absolute atomic E-state index is 0.578. The van der Waals surface area contributed by atoms with Crippen LogP contribution in [0, 0.1) is 23.7 Å². The molecule has 1 aromatic carbocycles. The molecule has 2 aliphatic carbocycles. The zero-order valence-electron chi connectivity index (χ0n) is 27.9. The zero-order valence-corrected chi connectivity index (χ0v) is 27.9. The van der Waals surface area contributed by atoms with Crippen LogP contribution in [0.15, 0.2) is 77.4 Å². The molecular formula is C41H62. The number of hydrogen-bond acceptors (Lipinski definition) is 0. The van der Waals surface area contributed by atoms with Crippen LogP contribution in [0.2, 0.25) is 0 Å². The minimum atomic E-state index is 0.578. The van der Waals surface area contributed by atoms with Crippen molar-refractivity contribution in [1.29, 1.82) is 0 Å². The molecule has 1 fully saturated rings. The highest BCUT2D eigenvalue weighted by atomic mass is 14.3. The summed E-state index contributed by atoms with van der Waals surface area (Å²) in [5, 5.41) is 0. The zero-order chi connectivity index (χ0) is 29.8. The minimum Gasteiger partial charge on any atom is -0.0958 e. The Labute approximate surface area is 255 Å². The molecule has 0 heteroatoms. The second-order valence-electron chi connectivity index (χ2n) is 13.7. The van der Waals surface area contributed by atoms with Gasteiger partial charge in [0.25, 0.3) is 0 Å². The molecule has 226 valence electrons. The first-order valence-corrected chi connectivity index (χ1v) is 17.2. The van der Waals surface area contributed by atoms with Crippen molar-refractivity contribution in [1.82, 2.24) is 0 Å². The Morgan fingerprint density at radius 2 is 1.68 bits per heavy atom. The Bertz CT molecular complexity index is 1070. The quantitative estimate of drug-likeness (QED) is 0.158. The van der Waals surface area contributed by atoms with Gasteiger partial charge in [0.2, 0.25) is 0 Å². The maximum atomic E-state index is 4.28. The molecule has 0 N–H and O–H groups in total. The molecule has 0 heterocycles. The smallest absolute Gasteiger partial charge is 0.0130 e. The third kappa shape index (κ3) is 10.0. The van der Waals surface area contributed by atoms with Crippen LogP contribution < -0.4 is 0 Å². The van der Waals surface area contributed by atoms with Gasteiger partial charge < -0.3 is 0 Å². The van der Waals surface area contributed by atoms with E-state index < -0.39 is 0 Å². The maximum absolute atomic E-state index is 4.28. The summed E-state index contributed by atoms with van der Waals surface area (Å²) >= 11 is 0. The van der Waals surface area contributed by atoms with E-state index >= 15 is 0 Å².